The highest BCUT2D eigenvalue weighted by molar-refractivity contribution is 6.05. The van der Waals surface area contributed by atoms with Gasteiger partial charge in [0.25, 0.3) is 0 Å². The Labute approximate surface area is 317 Å². The molecule has 4 bridgehead atoms. The van der Waals surface area contributed by atoms with Crippen LogP contribution in [0.4, 0.5) is 0 Å². The number of hydrogen-bond acceptors (Lipinski definition) is 10. The maximum absolute atomic E-state index is 15.2. The zero-order chi connectivity index (χ0) is 39.1. The molecule has 3 aliphatic carbocycles. The number of ether oxygens (including phenoxy) is 3. The van der Waals surface area contributed by atoms with Crippen LogP contribution in [0.25, 0.3) is 11.8 Å². The number of nitrogens with two attached hydrogens (primary N) is 1. The Balaban J connectivity index is 1.51. The molecule has 1 amide bonds. The van der Waals surface area contributed by atoms with E-state index in [9.17, 15) is 20.3 Å². The Hall–Kier alpha value is -4.66. The summed E-state index contributed by atoms with van der Waals surface area (Å²) < 4.78 is 21.5. The average Bonchev–Trinajstić information content (AvgIpc) is 3.25. The summed E-state index contributed by atoms with van der Waals surface area (Å²) in [5.74, 6) is -2.25. The lowest BCUT2D eigenvalue weighted by molar-refractivity contribution is -0.182. The van der Waals surface area contributed by atoms with Gasteiger partial charge in [0, 0.05) is 47.4 Å². The third-order valence-electron chi connectivity index (χ3n) is 12.4. The van der Waals surface area contributed by atoms with Crippen molar-refractivity contribution in [1.29, 1.82) is 5.26 Å². The van der Waals surface area contributed by atoms with E-state index in [-0.39, 0.29) is 48.8 Å². The van der Waals surface area contributed by atoms with Crippen LogP contribution < -0.4 is 20.5 Å². The third-order valence-corrected chi connectivity index (χ3v) is 12.4. The van der Waals surface area contributed by atoms with Crippen molar-refractivity contribution in [2.24, 2.45) is 34.4 Å². The maximum atomic E-state index is 15.2. The number of allylic oxidation sites excluding steroid dienone is 4. The molecule has 3 saturated carbocycles. The molecule has 11 heteroatoms. The van der Waals surface area contributed by atoms with Gasteiger partial charge in [0.2, 0.25) is 5.91 Å². The molecule has 0 aromatic heterocycles. The standard InChI is InChI=1S/C43H52N4O7/c1-22(2)10-9-15-41(8)16-14-25-34(49)31-33-32-30(28(21-44)38(45)47-33)27-20-29-40(6,7)54-42(37(27)50,17-13-24(5)39(51)46-18-19-48)43(29,32)53-36(31)26(35(25)52-41)12-11-23(3)4/h10-11,13-14,16,27-30,48-49H,9,12,15,17-20H2,1-8H3,(H2,45,47)(H,46,51). The molecular formula is C43H52N4O7. The predicted molar refractivity (Wildman–Crippen MR) is 205 cm³/mol. The van der Waals surface area contributed by atoms with E-state index in [0.29, 0.717) is 64.3 Å². The van der Waals surface area contributed by atoms with Crippen LogP contribution in [0, 0.1) is 35.0 Å². The summed E-state index contributed by atoms with van der Waals surface area (Å²) in [6.07, 6.45) is 12.2. The number of carbonyl (C=O) groups is 2. The van der Waals surface area contributed by atoms with E-state index < -0.39 is 40.2 Å². The minimum atomic E-state index is -1.60. The number of benzene rings is 1. The number of carbonyl (C=O) groups excluding carboxylic acids is 2. The zero-order valence-corrected chi connectivity index (χ0v) is 32.6. The first-order valence-corrected chi connectivity index (χ1v) is 19.0. The van der Waals surface area contributed by atoms with Gasteiger partial charge in [-0.25, -0.2) is 4.99 Å². The number of phenolic OH excluding ortho intramolecular Hbond substituents is 1. The van der Waals surface area contributed by atoms with Crippen LogP contribution in [0.2, 0.25) is 0 Å². The van der Waals surface area contributed by atoms with E-state index in [1.54, 1.807) is 13.0 Å². The van der Waals surface area contributed by atoms with E-state index in [0.717, 1.165) is 12.0 Å². The molecule has 7 unspecified atom stereocenters. The fourth-order valence-electron chi connectivity index (χ4n) is 9.92. The minimum absolute atomic E-state index is 0.0117. The number of Topliss-reactive ketones (excluding diaryl/α,β-unsaturated/α-hetero) is 1. The van der Waals surface area contributed by atoms with E-state index in [4.69, 9.17) is 24.9 Å². The number of amidine groups is 1. The van der Waals surface area contributed by atoms with Crippen LogP contribution in [0.1, 0.15) is 97.8 Å². The molecule has 54 heavy (non-hydrogen) atoms. The van der Waals surface area contributed by atoms with Crippen LogP contribution in [-0.2, 0) is 20.7 Å². The fourth-order valence-corrected chi connectivity index (χ4v) is 9.92. The molecule has 5 N–H and O–H groups in total. The van der Waals surface area contributed by atoms with E-state index in [1.807, 2.05) is 46.8 Å². The number of aliphatic imine (C=N–C) groups is 1. The number of aromatic hydroxyl groups is 1. The SMILES string of the molecule is CC(C)=CCCC1(C)C=Cc2c(O)c3c(c(CC=C(C)C)c2O1)OC12C4=C3N=C(N)C(C#N)C4C3CC1C(C)(C)OC2(CC=C(C)C(=O)NCCO)C3=O. The number of hydrogen-bond donors (Lipinski definition) is 4. The molecule has 8 rings (SSSR count). The summed E-state index contributed by atoms with van der Waals surface area (Å²) in [5.41, 5.74) is 7.30. The molecule has 1 saturated heterocycles. The van der Waals surface area contributed by atoms with Gasteiger partial charge in [0.1, 0.15) is 34.6 Å². The molecule has 7 aliphatic rings. The van der Waals surface area contributed by atoms with Crippen LogP contribution in [0.3, 0.4) is 0 Å². The maximum Gasteiger partial charge on any atom is 0.246 e. The Morgan fingerprint density at radius 1 is 1.11 bits per heavy atom. The minimum Gasteiger partial charge on any atom is -0.506 e. The highest BCUT2D eigenvalue weighted by atomic mass is 16.6. The highest BCUT2D eigenvalue weighted by Crippen LogP contribution is 2.74. The molecule has 286 valence electrons. The lowest BCUT2D eigenvalue weighted by Crippen LogP contribution is -2.75. The first-order chi connectivity index (χ1) is 25.5. The van der Waals surface area contributed by atoms with Gasteiger partial charge in [0.15, 0.2) is 17.0 Å². The summed E-state index contributed by atoms with van der Waals surface area (Å²) in [6, 6.07) is 2.35. The van der Waals surface area contributed by atoms with Crippen LogP contribution in [-0.4, -0.2) is 63.3 Å². The average molecular weight is 737 g/mol. The molecule has 4 heterocycles. The molecule has 4 fully saturated rings. The molecule has 11 nitrogen and oxygen atoms in total. The van der Waals surface area contributed by atoms with Crippen LogP contribution in [0.15, 0.2) is 51.6 Å². The number of ketones is 1. The van der Waals surface area contributed by atoms with Crippen molar-refractivity contribution in [3.05, 3.63) is 63.3 Å². The van der Waals surface area contributed by atoms with E-state index >= 15 is 4.79 Å². The number of nitrogens with one attached hydrogen (secondary N) is 1. The summed E-state index contributed by atoms with van der Waals surface area (Å²) in [5, 5.41) is 34.9. The van der Waals surface area contributed by atoms with Crippen molar-refractivity contribution in [2.45, 2.75) is 110 Å². The van der Waals surface area contributed by atoms with E-state index in [2.05, 4.69) is 37.4 Å². The quantitative estimate of drug-likeness (QED) is 0.166. The van der Waals surface area contributed by atoms with Crippen molar-refractivity contribution in [3.63, 3.8) is 0 Å². The van der Waals surface area contributed by atoms with Gasteiger partial charge >= 0.3 is 0 Å². The topological polar surface area (TPSA) is 176 Å². The normalized spacial score (nSPS) is 32.0. The number of nitrogens with zero attached hydrogens (tertiary/aromatic N) is 2. The number of aliphatic hydroxyl groups excluding tert-OH is 1. The van der Waals surface area contributed by atoms with Crippen molar-refractivity contribution in [2.75, 3.05) is 13.2 Å². The number of phenols is 1. The van der Waals surface area contributed by atoms with Crippen molar-refractivity contribution < 1.29 is 34.0 Å². The van der Waals surface area contributed by atoms with Crippen molar-refractivity contribution in [3.8, 4) is 23.3 Å². The van der Waals surface area contributed by atoms with Gasteiger partial charge in [0.05, 0.1) is 35.1 Å². The van der Waals surface area contributed by atoms with Gasteiger partial charge in [-0.15, -0.1) is 0 Å². The van der Waals surface area contributed by atoms with Gasteiger partial charge in [-0.05, 0) is 93.2 Å². The highest BCUT2D eigenvalue weighted by Gasteiger charge is 2.84. The molecule has 7 atom stereocenters. The van der Waals surface area contributed by atoms with Crippen LogP contribution in [0.5, 0.6) is 17.2 Å². The molecule has 1 aromatic carbocycles. The predicted octanol–water partition coefficient (Wildman–Crippen LogP) is 5.99. The summed E-state index contributed by atoms with van der Waals surface area (Å²) in [6.45, 7) is 15.7. The second-order valence-electron chi connectivity index (χ2n) is 17.0. The van der Waals surface area contributed by atoms with Crippen molar-refractivity contribution >= 4 is 29.3 Å². The summed E-state index contributed by atoms with van der Waals surface area (Å²) in [4.78, 5) is 33.1. The molecule has 1 aromatic rings. The lowest BCUT2D eigenvalue weighted by Gasteiger charge is -2.62. The second-order valence-corrected chi connectivity index (χ2v) is 17.0. The smallest absolute Gasteiger partial charge is 0.246 e. The Bertz CT molecular complexity index is 2070. The van der Waals surface area contributed by atoms with Gasteiger partial charge in [-0.2, -0.15) is 5.26 Å². The Morgan fingerprint density at radius 3 is 2.50 bits per heavy atom. The Morgan fingerprint density at radius 2 is 1.83 bits per heavy atom. The first kappa shape index (κ1) is 37.6. The number of fused-ring (bicyclic) bond motifs is 3. The molecule has 0 radical (unpaired) electrons. The lowest BCUT2D eigenvalue weighted by atomic mass is 9.44. The number of aliphatic hydroxyl groups is 1. The number of rotatable bonds is 10. The summed E-state index contributed by atoms with van der Waals surface area (Å²) >= 11 is 0. The zero-order valence-electron chi connectivity index (χ0n) is 32.6. The molecule has 1 spiro atoms. The van der Waals surface area contributed by atoms with E-state index in [1.165, 1.54) is 5.57 Å². The van der Waals surface area contributed by atoms with Gasteiger partial charge < -0.3 is 35.5 Å². The molecular weight excluding hydrogens is 684 g/mol. The fraction of sp³-hybridized carbons (Fsp3) is 0.535. The number of amides is 1. The summed E-state index contributed by atoms with van der Waals surface area (Å²) in [7, 11) is 0. The van der Waals surface area contributed by atoms with Gasteiger partial charge in [-0.1, -0.05) is 29.4 Å². The number of nitriles is 1. The first-order valence-electron chi connectivity index (χ1n) is 19.0. The molecule has 4 aliphatic heterocycles. The third kappa shape index (κ3) is 5.31. The van der Waals surface area contributed by atoms with Crippen molar-refractivity contribution in [1.82, 2.24) is 5.32 Å². The monoisotopic (exact) mass is 736 g/mol. The van der Waals surface area contributed by atoms with Gasteiger partial charge in [-0.3, -0.25) is 9.59 Å². The second kappa shape index (κ2) is 13.0. The Kier molecular flexibility index (Phi) is 9.05. The largest absolute Gasteiger partial charge is 0.506 e. The van der Waals surface area contributed by atoms with Crippen LogP contribution >= 0.6 is 0 Å².